The van der Waals surface area contributed by atoms with E-state index in [0.717, 1.165) is 33.5 Å². The highest BCUT2D eigenvalue weighted by Crippen LogP contribution is 2.26. The fourth-order valence-corrected chi connectivity index (χ4v) is 3.12. The Hall–Kier alpha value is -1.81. The monoisotopic (exact) mass is 375 g/mol. The van der Waals surface area contributed by atoms with Crippen molar-refractivity contribution >= 4 is 27.5 Å². The van der Waals surface area contributed by atoms with Crippen molar-refractivity contribution in [3.05, 3.63) is 57.6 Å². The second-order valence-electron chi connectivity index (χ2n) is 5.48. The van der Waals surface area contributed by atoms with Crippen molar-refractivity contribution in [3.8, 4) is 5.75 Å². The maximum atomic E-state index is 12.3. The number of para-hydroxylation sites is 1. The Labute approximate surface area is 146 Å². The third-order valence-corrected chi connectivity index (χ3v) is 4.48. The number of hydrogen-bond donors (Lipinski definition) is 1. The van der Waals surface area contributed by atoms with Crippen molar-refractivity contribution in [2.24, 2.45) is 0 Å². The van der Waals surface area contributed by atoms with E-state index >= 15 is 0 Å². The molecule has 122 valence electrons. The largest absolute Gasteiger partial charge is 0.496 e. The minimum Gasteiger partial charge on any atom is -0.496 e. The molecule has 0 unspecified atom stereocenters. The Morgan fingerprint density at radius 2 is 2.04 bits per heavy atom. The van der Waals surface area contributed by atoms with Crippen molar-refractivity contribution in [3.63, 3.8) is 0 Å². The molecule has 1 N–H and O–H groups in total. The number of carbonyl (C=O) groups is 1. The number of hydrogen-bond acceptors (Lipinski definition) is 2. The molecule has 0 radical (unpaired) electrons. The highest BCUT2D eigenvalue weighted by atomic mass is 79.9. The summed E-state index contributed by atoms with van der Waals surface area (Å²) in [7, 11) is 1.64. The van der Waals surface area contributed by atoms with E-state index in [0.29, 0.717) is 12.8 Å². The lowest BCUT2D eigenvalue weighted by molar-refractivity contribution is -0.116. The highest BCUT2D eigenvalue weighted by molar-refractivity contribution is 9.10. The van der Waals surface area contributed by atoms with E-state index in [4.69, 9.17) is 4.74 Å². The number of amides is 1. The van der Waals surface area contributed by atoms with Crippen LogP contribution in [-0.2, 0) is 17.6 Å². The van der Waals surface area contributed by atoms with Crippen molar-refractivity contribution in [2.45, 2.75) is 33.1 Å². The summed E-state index contributed by atoms with van der Waals surface area (Å²) in [6.07, 6.45) is 2.06. The average Bonchev–Trinajstić information content (AvgIpc) is 2.55. The number of methoxy groups -OCH3 is 1. The van der Waals surface area contributed by atoms with Gasteiger partial charge < -0.3 is 10.1 Å². The number of aryl methyl sites for hydroxylation is 3. The Morgan fingerprint density at radius 1 is 1.26 bits per heavy atom. The SMILES string of the molecule is CCc1cccc(C)c1NC(=O)CCc1ccc(OC)c(Br)c1. The number of carbonyl (C=O) groups excluding carboxylic acids is 1. The van der Waals surface area contributed by atoms with Gasteiger partial charge in [-0.05, 0) is 64.5 Å². The van der Waals surface area contributed by atoms with Crippen molar-refractivity contribution in [1.82, 2.24) is 0 Å². The zero-order valence-electron chi connectivity index (χ0n) is 13.8. The first-order chi connectivity index (χ1) is 11.0. The normalized spacial score (nSPS) is 10.4. The summed E-state index contributed by atoms with van der Waals surface area (Å²) in [6.45, 7) is 4.12. The molecule has 0 aliphatic heterocycles. The van der Waals surface area contributed by atoms with Crippen LogP contribution >= 0.6 is 15.9 Å². The van der Waals surface area contributed by atoms with Crippen LogP contribution in [0.2, 0.25) is 0 Å². The summed E-state index contributed by atoms with van der Waals surface area (Å²) in [5, 5.41) is 3.06. The molecule has 1 amide bonds. The zero-order chi connectivity index (χ0) is 16.8. The summed E-state index contributed by atoms with van der Waals surface area (Å²) in [4.78, 5) is 12.3. The fraction of sp³-hybridized carbons (Fsp3) is 0.316. The molecule has 0 aliphatic carbocycles. The van der Waals surface area contributed by atoms with Gasteiger partial charge in [-0.15, -0.1) is 0 Å². The Bertz CT molecular complexity index is 698. The van der Waals surface area contributed by atoms with Gasteiger partial charge >= 0.3 is 0 Å². The number of nitrogens with one attached hydrogen (secondary N) is 1. The van der Waals surface area contributed by atoms with E-state index in [2.05, 4.69) is 34.2 Å². The fourth-order valence-electron chi connectivity index (χ4n) is 2.53. The zero-order valence-corrected chi connectivity index (χ0v) is 15.4. The van der Waals surface area contributed by atoms with Crippen LogP contribution in [0, 0.1) is 6.92 Å². The maximum Gasteiger partial charge on any atom is 0.224 e. The predicted molar refractivity (Wildman–Crippen MR) is 98.2 cm³/mol. The third kappa shape index (κ3) is 4.58. The Balaban J connectivity index is 1.99. The molecule has 0 spiro atoms. The van der Waals surface area contributed by atoms with Gasteiger partial charge in [0.1, 0.15) is 5.75 Å². The van der Waals surface area contributed by atoms with Gasteiger partial charge in [-0.25, -0.2) is 0 Å². The van der Waals surface area contributed by atoms with E-state index in [1.807, 2.05) is 37.3 Å². The van der Waals surface area contributed by atoms with Crippen LogP contribution in [0.4, 0.5) is 5.69 Å². The van der Waals surface area contributed by atoms with Gasteiger partial charge in [-0.3, -0.25) is 4.79 Å². The molecule has 0 fully saturated rings. The van der Waals surface area contributed by atoms with Gasteiger partial charge in [0.25, 0.3) is 0 Å². The van der Waals surface area contributed by atoms with E-state index in [1.54, 1.807) is 7.11 Å². The van der Waals surface area contributed by atoms with E-state index in [1.165, 1.54) is 5.56 Å². The third-order valence-electron chi connectivity index (χ3n) is 3.86. The molecule has 2 aromatic rings. The lowest BCUT2D eigenvalue weighted by Crippen LogP contribution is -2.14. The first kappa shape index (κ1) is 17.5. The topological polar surface area (TPSA) is 38.3 Å². The molecule has 2 rings (SSSR count). The summed E-state index contributed by atoms with van der Waals surface area (Å²) in [5.74, 6) is 0.839. The molecule has 0 saturated heterocycles. The minimum atomic E-state index is 0.0425. The molecule has 23 heavy (non-hydrogen) atoms. The molecule has 0 heterocycles. The van der Waals surface area contributed by atoms with Gasteiger partial charge in [0, 0.05) is 12.1 Å². The minimum absolute atomic E-state index is 0.0425. The molecule has 0 aromatic heterocycles. The second-order valence-corrected chi connectivity index (χ2v) is 6.33. The molecule has 0 aliphatic rings. The summed E-state index contributed by atoms with van der Waals surface area (Å²) in [5.41, 5.74) is 4.33. The standard InChI is InChI=1S/C19H22BrNO2/c1-4-15-7-5-6-13(2)19(15)21-18(22)11-9-14-8-10-17(23-3)16(20)12-14/h5-8,10,12H,4,9,11H2,1-3H3,(H,21,22). The number of ether oxygens (including phenoxy) is 1. The van der Waals surface area contributed by atoms with E-state index < -0.39 is 0 Å². The number of anilines is 1. The lowest BCUT2D eigenvalue weighted by atomic mass is 10.1. The van der Waals surface area contributed by atoms with Gasteiger partial charge in [0.2, 0.25) is 5.91 Å². The quantitative estimate of drug-likeness (QED) is 0.779. The van der Waals surface area contributed by atoms with E-state index in [-0.39, 0.29) is 5.91 Å². The molecular formula is C19H22BrNO2. The molecule has 2 aromatic carbocycles. The van der Waals surface area contributed by atoms with Gasteiger partial charge in [0.15, 0.2) is 0 Å². The Morgan fingerprint density at radius 3 is 2.70 bits per heavy atom. The molecule has 0 atom stereocenters. The lowest BCUT2D eigenvalue weighted by Gasteiger charge is -2.13. The van der Waals surface area contributed by atoms with Crippen molar-refractivity contribution in [1.29, 1.82) is 0 Å². The number of rotatable bonds is 6. The molecule has 0 bridgehead atoms. The van der Waals surface area contributed by atoms with Gasteiger partial charge in [-0.1, -0.05) is 31.2 Å². The predicted octanol–water partition coefficient (Wildman–Crippen LogP) is 4.90. The van der Waals surface area contributed by atoms with Crippen molar-refractivity contribution < 1.29 is 9.53 Å². The summed E-state index contributed by atoms with van der Waals surface area (Å²) in [6, 6.07) is 12.0. The van der Waals surface area contributed by atoms with Crippen LogP contribution in [0.15, 0.2) is 40.9 Å². The number of benzene rings is 2. The summed E-state index contributed by atoms with van der Waals surface area (Å²) >= 11 is 3.47. The van der Waals surface area contributed by atoms with Crippen LogP contribution in [-0.4, -0.2) is 13.0 Å². The first-order valence-corrected chi connectivity index (χ1v) is 8.55. The Kier molecular flexibility index (Phi) is 6.22. The summed E-state index contributed by atoms with van der Waals surface area (Å²) < 4.78 is 6.12. The highest BCUT2D eigenvalue weighted by Gasteiger charge is 2.09. The molecule has 0 saturated carbocycles. The second kappa shape index (κ2) is 8.16. The maximum absolute atomic E-state index is 12.3. The van der Waals surface area contributed by atoms with Crippen LogP contribution in [0.5, 0.6) is 5.75 Å². The molecule has 3 nitrogen and oxygen atoms in total. The molecule has 4 heteroatoms. The van der Waals surface area contributed by atoms with Gasteiger partial charge in [-0.2, -0.15) is 0 Å². The van der Waals surface area contributed by atoms with Crippen LogP contribution < -0.4 is 10.1 Å². The first-order valence-electron chi connectivity index (χ1n) is 7.76. The smallest absolute Gasteiger partial charge is 0.224 e. The number of halogens is 1. The van der Waals surface area contributed by atoms with Crippen LogP contribution in [0.3, 0.4) is 0 Å². The van der Waals surface area contributed by atoms with Crippen LogP contribution in [0.25, 0.3) is 0 Å². The van der Waals surface area contributed by atoms with Gasteiger partial charge in [0.05, 0.1) is 11.6 Å². The van der Waals surface area contributed by atoms with E-state index in [9.17, 15) is 4.79 Å². The van der Waals surface area contributed by atoms with Crippen molar-refractivity contribution in [2.75, 3.05) is 12.4 Å². The molecular weight excluding hydrogens is 354 g/mol. The average molecular weight is 376 g/mol. The van der Waals surface area contributed by atoms with Crippen LogP contribution in [0.1, 0.15) is 30.0 Å².